The third-order valence-corrected chi connectivity index (χ3v) is 6.82. The van der Waals surface area contributed by atoms with E-state index in [1.54, 1.807) is 56.0 Å². The summed E-state index contributed by atoms with van der Waals surface area (Å²) in [4.78, 5) is 45.6. The van der Waals surface area contributed by atoms with Crippen molar-refractivity contribution >= 4 is 23.6 Å². The number of carbonyl (C=O) groups excluding carboxylic acids is 3. The number of hydrogen-bond acceptors (Lipinski definition) is 5. The number of piperazine rings is 1. The molecule has 1 aromatic rings. The number of esters is 1. The van der Waals surface area contributed by atoms with E-state index in [1.807, 2.05) is 17.1 Å². The zero-order valence-electron chi connectivity index (χ0n) is 24.4. The van der Waals surface area contributed by atoms with Gasteiger partial charge in [0.1, 0.15) is 12.1 Å². The first-order valence-corrected chi connectivity index (χ1v) is 13.7. The summed E-state index contributed by atoms with van der Waals surface area (Å²) >= 11 is 0. The zero-order valence-corrected chi connectivity index (χ0v) is 24.4. The van der Waals surface area contributed by atoms with Gasteiger partial charge in [-0.25, -0.2) is 4.79 Å². The first-order chi connectivity index (χ1) is 18.3. The lowest BCUT2D eigenvalue weighted by atomic mass is 9.85. The summed E-state index contributed by atoms with van der Waals surface area (Å²) in [7, 11) is 0. The zero-order chi connectivity index (χ0) is 28.8. The Labute approximate surface area is 233 Å². The number of carbonyl (C=O) groups is 3. The Kier molecular flexibility index (Phi) is 9.78. The van der Waals surface area contributed by atoms with Crippen molar-refractivity contribution in [2.75, 3.05) is 57.3 Å². The molecule has 39 heavy (non-hydrogen) atoms. The second-order valence-electron chi connectivity index (χ2n) is 12.1. The van der Waals surface area contributed by atoms with Crippen LogP contribution in [0, 0.1) is 5.41 Å². The first-order valence-electron chi connectivity index (χ1n) is 13.7. The summed E-state index contributed by atoms with van der Waals surface area (Å²) in [6.07, 6.45) is 7.92. The van der Waals surface area contributed by atoms with Crippen LogP contribution in [0.1, 0.15) is 51.9 Å². The second kappa shape index (κ2) is 12.6. The lowest BCUT2D eigenvalue weighted by molar-refractivity contribution is -0.155. The highest BCUT2D eigenvalue weighted by molar-refractivity contribution is 5.98. The molecule has 2 fully saturated rings. The van der Waals surface area contributed by atoms with E-state index in [4.69, 9.17) is 4.74 Å². The molecule has 8 nitrogen and oxygen atoms in total. The number of ether oxygens (including phenoxy) is 1. The molecule has 0 N–H and O–H groups in total. The summed E-state index contributed by atoms with van der Waals surface area (Å²) in [5.41, 5.74) is 2.12. The van der Waals surface area contributed by atoms with Crippen molar-refractivity contribution in [2.45, 2.75) is 47.1 Å². The minimum absolute atomic E-state index is 0.000930. The van der Waals surface area contributed by atoms with Gasteiger partial charge in [0, 0.05) is 57.1 Å². The topological polar surface area (TPSA) is 73.4 Å². The molecule has 2 aliphatic heterocycles. The molecule has 1 aromatic carbocycles. The van der Waals surface area contributed by atoms with Gasteiger partial charge in [-0.1, -0.05) is 57.2 Å². The lowest BCUT2D eigenvalue weighted by Gasteiger charge is -2.37. The Morgan fingerprint density at radius 2 is 1.54 bits per heavy atom. The van der Waals surface area contributed by atoms with Gasteiger partial charge in [0.25, 0.3) is 5.91 Å². The maximum absolute atomic E-state index is 13.2. The SMILES string of the molecule is C=C/C=C\C=C(/CN1CCN(C(=O)c2ccc(N3CCN(CC(=O)OC(C)(C)C)C3=O)cc2)CC1)C(C)(C)C. The van der Waals surface area contributed by atoms with Gasteiger partial charge >= 0.3 is 12.0 Å². The van der Waals surface area contributed by atoms with Gasteiger partial charge in [-0.2, -0.15) is 0 Å². The Hall–Kier alpha value is -3.39. The van der Waals surface area contributed by atoms with Gasteiger partial charge in [-0.05, 0) is 50.5 Å². The fourth-order valence-corrected chi connectivity index (χ4v) is 4.61. The van der Waals surface area contributed by atoms with Crippen LogP contribution in [-0.2, 0) is 9.53 Å². The number of amides is 3. The van der Waals surface area contributed by atoms with Crippen molar-refractivity contribution in [3.05, 3.63) is 66.3 Å². The molecule has 8 heteroatoms. The van der Waals surface area contributed by atoms with E-state index < -0.39 is 11.6 Å². The van der Waals surface area contributed by atoms with Gasteiger partial charge in [-0.15, -0.1) is 0 Å². The summed E-state index contributed by atoms with van der Waals surface area (Å²) in [6.45, 7) is 20.5. The van der Waals surface area contributed by atoms with Crippen LogP contribution in [0.25, 0.3) is 0 Å². The van der Waals surface area contributed by atoms with Crippen LogP contribution in [0.5, 0.6) is 0 Å². The van der Waals surface area contributed by atoms with E-state index in [9.17, 15) is 14.4 Å². The molecule has 212 valence electrons. The average Bonchev–Trinajstić information content (AvgIpc) is 3.21. The highest BCUT2D eigenvalue weighted by Crippen LogP contribution is 2.27. The molecule has 0 aliphatic carbocycles. The molecule has 0 aromatic heterocycles. The number of urea groups is 1. The molecule has 3 rings (SSSR count). The van der Waals surface area contributed by atoms with E-state index in [0.29, 0.717) is 37.4 Å². The van der Waals surface area contributed by atoms with Crippen LogP contribution >= 0.6 is 0 Å². The van der Waals surface area contributed by atoms with Crippen molar-refractivity contribution in [3.63, 3.8) is 0 Å². The van der Waals surface area contributed by atoms with Crippen LogP contribution in [0.3, 0.4) is 0 Å². The van der Waals surface area contributed by atoms with Crippen molar-refractivity contribution in [1.82, 2.24) is 14.7 Å². The molecule has 0 saturated carbocycles. The molecule has 3 amide bonds. The number of allylic oxidation sites excluding steroid dienone is 4. The molecule has 0 atom stereocenters. The Morgan fingerprint density at radius 1 is 0.897 bits per heavy atom. The second-order valence-corrected chi connectivity index (χ2v) is 12.1. The van der Waals surface area contributed by atoms with Crippen molar-refractivity contribution in [3.8, 4) is 0 Å². The van der Waals surface area contributed by atoms with Crippen molar-refractivity contribution < 1.29 is 19.1 Å². The molecule has 0 radical (unpaired) electrons. The fourth-order valence-electron chi connectivity index (χ4n) is 4.61. The Balaban J connectivity index is 1.54. The number of anilines is 1. The predicted molar refractivity (Wildman–Crippen MR) is 156 cm³/mol. The number of hydrogen-bond donors (Lipinski definition) is 0. The van der Waals surface area contributed by atoms with Gasteiger partial charge in [-0.3, -0.25) is 19.4 Å². The first kappa shape index (κ1) is 30.2. The Morgan fingerprint density at radius 3 is 2.10 bits per heavy atom. The van der Waals surface area contributed by atoms with Crippen LogP contribution in [-0.4, -0.2) is 90.6 Å². The Bertz CT molecular complexity index is 1100. The van der Waals surface area contributed by atoms with E-state index >= 15 is 0 Å². The van der Waals surface area contributed by atoms with Crippen LogP contribution in [0.15, 0.2) is 60.7 Å². The number of rotatable bonds is 8. The molecule has 2 aliphatic rings. The standard InChI is InChI=1S/C31H44N4O4/c1-8-9-10-11-25(30(2,3)4)22-32-16-18-33(19-17-32)28(37)24-12-14-26(15-13-24)35-21-20-34(29(35)38)23-27(36)39-31(5,6)7/h8-15H,1,16-23H2,2-7H3/b10-9-,25-11+. The molecule has 2 heterocycles. The minimum Gasteiger partial charge on any atom is -0.459 e. The third-order valence-electron chi connectivity index (χ3n) is 6.82. The van der Waals surface area contributed by atoms with E-state index in [1.165, 1.54) is 10.5 Å². The predicted octanol–water partition coefficient (Wildman–Crippen LogP) is 4.74. The largest absolute Gasteiger partial charge is 0.459 e. The fraction of sp³-hybridized carbons (Fsp3) is 0.516. The lowest BCUT2D eigenvalue weighted by Crippen LogP contribution is -2.49. The molecule has 2 saturated heterocycles. The molecule has 0 unspecified atom stereocenters. The van der Waals surface area contributed by atoms with Gasteiger partial charge in [0.15, 0.2) is 0 Å². The van der Waals surface area contributed by atoms with E-state index in [2.05, 4.69) is 38.3 Å². The molecular weight excluding hydrogens is 492 g/mol. The third kappa shape index (κ3) is 8.55. The summed E-state index contributed by atoms with van der Waals surface area (Å²) in [6, 6.07) is 6.92. The average molecular weight is 537 g/mol. The van der Waals surface area contributed by atoms with Crippen molar-refractivity contribution in [2.24, 2.45) is 5.41 Å². The van der Waals surface area contributed by atoms with E-state index in [-0.39, 0.29) is 23.9 Å². The molecular formula is C31H44N4O4. The number of nitrogens with zero attached hydrogens (tertiary/aromatic N) is 4. The van der Waals surface area contributed by atoms with Gasteiger partial charge in [0.2, 0.25) is 0 Å². The summed E-state index contributed by atoms with van der Waals surface area (Å²) in [5, 5.41) is 0. The van der Waals surface area contributed by atoms with Gasteiger partial charge < -0.3 is 14.5 Å². The van der Waals surface area contributed by atoms with Crippen LogP contribution in [0.4, 0.5) is 10.5 Å². The molecule has 0 bridgehead atoms. The monoisotopic (exact) mass is 536 g/mol. The molecule has 0 spiro atoms. The summed E-state index contributed by atoms with van der Waals surface area (Å²) in [5.74, 6) is -0.421. The summed E-state index contributed by atoms with van der Waals surface area (Å²) < 4.78 is 5.34. The van der Waals surface area contributed by atoms with Crippen LogP contribution < -0.4 is 4.90 Å². The normalized spacial score (nSPS) is 17.7. The quantitative estimate of drug-likeness (QED) is 0.354. The smallest absolute Gasteiger partial charge is 0.326 e. The van der Waals surface area contributed by atoms with Crippen molar-refractivity contribution in [1.29, 1.82) is 0 Å². The minimum atomic E-state index is -0.593. The number of benzene rings is 1. The highest BCUT2D eigenvalue weighted by Gasteiger charge is 2.32. The maximum atomic E-state index is 13.2. The highest BCUT2D eigenvalue weighted by atomic mass is 16.6. The van der Waals surface area contributed by atoms with Gasteiger partial charge in [0.05, 0.1) is 0 Å². The van der Waals surface area contributed by atoms with E-state index in [0.717, 1.165) is 19.6 Å². The van der Waals surface area contributed by atoms with Crippen LogP contribution in [0.2, 0.25) is 0 Å². The maximum Gasteiger partial charge on any atom is 0.326 e.